The third kappa shape index (κ3) is 5.47. The summed E-state index contributed by atoms with van der Waals surface area (Å²) in [6.07, 6.45) is 4.18. The molecule has 0 aliphatic carbocycles. The highest BCUT2D eigenvalue weighted by molar-refractivity contribution is 5.79. The van der Waals surface area contributed by atoms with Gasteiger partial charge in [-0.2, -0.15) is 0 Å². The van der Waals surface area contributed by atoms with Gasteiger partial charge in [0.2, 0.25) is 0 Å². The second-order valence-electron chi connectivity index (χ2n) is 5.52. The van der Waals surface area contributed by atoms with Gasteiger partial charge in [-0.05, 0) is 46.1 Å². The lowest BCUT2D eigenvalue weighted by Crippen LogP contribution is -2.47. The number of nitrogens with zero attached hydrogens (tertiary/aromatic N) is 1. The summed E-state index contributed by atoms with van der Waals surface area (Å²) in [5.41, 5.74) is 5.13. The highest BCUT2D eigenvalue weighted by Gasteiger charge is 2.29. The molecular formula is C14H28N2O3. The molecule has 2 N–H and O–H groups in total. The summed E-state index contributed by atoms with van der Waals surface area (Å²) in [5, 5.41) is 0. The summed E-state index contributed by atoms with van der Waals surface area (Å²) < 4.78 is 10.3. The van der Waals surface area contributed by atoms with Crippen molar-refractivity contribution in [3.8, 4) is 0 Å². The van der Waals surface area contributed by atoms with Crippen molar-refractivity contribution in [2.45, 2.75) is 51.2 Å². The SMILES string of the molecule is CCOC(=O)C(C)(N)CCCN1CCC(OC)CC1. The minimum Gasteiger partial charge on any atom is -0.465 e. The van der Waals surface area contributed by atoms with Crippen LogP contribution in [0.3, 0.4) is 0 Å². The Bertz CT molecular complexity index is 274. The quantitative estimate of drug-likeness (QED) is 0.705. The van der Waals surface area contributed by atoms with Crippen LogP contribution in [0.25, 0.3) is 0 Å². The van der Waals surface area contributed by atoms with Gasteiger partial charge in [0.25, 0.3) is 0 Å². The molecule has 0 bridgehead atoms. The van der Waals surface area contributed by atoms with Crippen molar-refractivity contribution in [3.05, 3.63) is 0 Å². The molecule has 5 heteroatoms. The first-order valence-electron chi connectivity index (χ1n) is 7.21. The minimum absolute atomic E-state index is 0.298. The normalized spacial score (nSPS) is 21.1. The Morgan fingerprint density at radius 3 is 2.58 bits per heavy atom. The second-order valence-corrected chi connectivity index (χ2v) is 5.52. The maximum atomic E-state index is 11.7. The summed E-state index contributed by atoms with van der Waals surface area (Å²) >= 11 is 0. The summed E-state index contributed by atoms with van der Waals surface area (Å²) in [4.78, 5) is 14.1. The van der Waals surface area contributed by atoms with E-state index in [4.69, 9.17) is 15.2 Å². The maximum Gasteiger partial charge on any atom is 0.325 e. The van der Waals surface area contributed by atoms with E-state index in [2.05, 4.69) is 4.90 Å². The molecule has 0 radical (unpaired) electrons. The van der Waals surface area contributed by atoms with Crippen LogP contribution in [0.15, 0.2) is 0 Å². The Kier molecular flexibility index (Phi) is 6.75. The van der Waals surface area contributed by atoms with Gasteiger partial charge in [0.05, 0.1) is 12.7 Å². The molecule has 1 saturated heterocycles. The van der Waals surface area contributed by atoms with Crippen molar-refractivity contribution in [1.29, 1.82) is 0 Å². The number of methoxy groups -OCH3 is 1. The Hall–Kier alpha value is -0.650. The first-order valence-corrected chi connectivity index (χ1v) is 7.21. The molecule has 1 rings (SSSR count). The van der Waals surface area contributed by atoms with Gasteiger partial charge in [0.15, 0.2) is 0 Å². The van der Waals surface area contributed by atoms with Crippen LogP contribution in [-0.4, -0.2) is 55.9 Å². The van der Waals surface area contributed by atoms with E-state index in [0.717, 1.165) is 38.9 Å². The molecule has 0 amide bonds. The lowest BCUT2D eigenvalue weighted by molar-refractivity contribution is -0.149. The average molecular weight is 272 g/mol. The zero-order valence-electron chi connectivity index (χ0n) is 12.5. The third-order valence-electron chi connectivity index (χ3n) is 3.78. The number of rotatable bonds is 7. The first-order chi connectivity index (χ1) is 8.99. The number of carbonyl (C=O) groups excluding carboxylic acids is 1. The van der Waals surface area contributed by atoms with Crippen LogP contribution in [0.1, 0.15) is 39.5 Å². The van der Waals surface area contributed by atoms with Crippen molar-refractivity contribution >= 4 is 5.97 Å². The van der Waals surface area contributed by atoms with Gasteiger partial charge >= 0.3 is 5.97 Å². The van der Waals surface area contributed by atoms with E-state index in [1.54, 1.807) is 21.0 Å². The zero-order chi connectivity index (χ0) is 14.3. The van der Waals surface area contributed by atoms with Gasteiger partial charge < -0.3 is 20.1 Å². The Labute approximate surface area is 116 Å². The lowest BCUT2D eigenvalue weighted by atomic mass is 9.97. The topological polar surface area (TPSA) is 64.8 Å². The van der Waals surface area contributed by atoms with Gasteiger partial charge in [-0.15, -0.1) is 0 Å². The summed E-state index contributed by atoms with van der Waals surface area (Å²) in [5.74, 6) is -0.298. The number of esters is 1. The van der Waals surface area contributed by atoms with Gasteiger partial charge in [0.1, 0.15) is 5.54 Å². The number of hydrogen-bond acceptors (Lipinski definition) is 5. The van der Waals surface area contributed by atoms with Gasteiger partial charge in [-0.3, -0.25) is 4.79 Å². The molecule has 112 valence electrons. The fraction of sp³-hybridized carbons (Fsp3) is 0.929. The van der Waals surface area contributed by atoms with Crippen LogP contribution in [0.4, 0.5) is 0 Å². The highest BCUT2D eigenvalue weighted by atomic mass is 16.5. The third-order valence-corrected chi connectivity index (χ3v) is 3.78. The molecule has 1 heterocycles. The molecule has 1 aliphatic rings. The van der Waals surface area contributed by atoms with Crippen molar-refractivity contribution < 1.29 is 14.3 Å². The summed E-state index contributed by atoms with van der Waals surface area (Å²) in [7, 11) is 1.78. The second kappa shape index (κ2) is 7.82. The molecule has 0 aromatic carbocycles. The van der Waals surface area contributed by atoms with Gasteiger partial charge in [-0.1, -0.05) is 0 Å². The highest BCUT2D eigenvalue weighted by Crippen LogP contribution is 2.16. The fourth-order valence-electron chi connectivity index (χ4n) is 2.44. The number of piperidine rings is 1. The van der Waals surface area contributed by atoms with E-state index in [1.165, 1.54) is 0 Å². The largest absolute Gasteiger partial charge is 0.465 e. The van der Waals surface area contributed by atoms with Crippen LogP contribution >= 0.6 is 0 Å². The molecule has 0 saturated carbocycles. The van der Waals surface area contributed by atoms with Crippen LogP contribution in [0, 0.1) is 0 Å². The fourth-order valence-corrected chi connectivity index (χ4v) is 2.44. The van der Waals surface area contributed by atoms with E-state index in [1.807, 2.05) is 0 Å². The van der Waals surface area contributed by atoms with Gasteiger partial charge in [-0.25, -0.2) is 0 Å². The van der Waals surface area contributed by atoms with Crippen LogP contribution in [0.2, 0.25) is 0 Å². The number of hydrogen-bond donors (Lipinski definition) is 1. The number of ether oxygens (including phenoxy) is 2. The molecular weight excluding hydrogens is 244 g/mol. The van der Waals surface area contributed by atoms with Crippen molar-refractivity contribution in [3.63, 3.8) is 0 Å². The smallest absolute Gasteiger partial charge is 0.325 e. The number of carbonyl (C=O) groups is 1. The lowest BCUT2D eigenvalue weighted by Gasteiger charge is -2.32. The Morgan fingerprint density at radius 1 is 1.42 bits per heavy atom. The zero-order valence-corrected chi connectivity index (χ0v) is 12.5. The molecule has 0 spiro atoms. The first kappa shape index (κ1) is 16.4. The predicted octanol–water partition coefficient (Wildman–Crippen LogP) is 1.16. The average Bonchev–Trinajstić information content (AvgIpc) is 2.39. The van der Waals surface area contributed by atoms with E-state index in [-0.39, 0.29) is 5.97 Å². The minimum atomic E-state index is -0.860. The monoisotopic (exact) mass is 272 g/mol. The summed E-state index contributed by atoms with van der Waals surface area (Å²) in [6.45, 7) is 7.06. The molecule has 1 atom stereocenters. The molecule has 1 aliphatic heterocycles. The molecule has 0 aromatic rings. The number of likely N-dealkylation sites (tertiary alicyclic amines) is 1. The van der Waals surface area contributed by atoms with Crippen molar-refractivity contribution in [2.24, 2.45) is 5.73 Å². The van der Waals surface area contributed by atoms with Crippen LogP contribution < -0.4 is 5.73 Å². The maximum absolute atomic E-state index is 11.7. The standard InChI is InChI=1S/C14H28N2O3/c1-4-19-13(17)14(2,15)8-5-9-16-10-6-12(18-3)7-11-16/h12H,4-11,15H2,1-3H3. The van der Waals surface area contributed by atoms with E-state index < -0.39 is 5.54 Å². The molecule has 19 heavy (non-hydrogen) atoms. The Balaban J connectivity index is 2.21. The molecule has 5 nitrogen and oxygen atoms in total. The van der Waals surface area contributed by atoms with E-state index in [9.17, 15) is 4.79 Å². The Morgan fingerprint density at radius 2 is 2.05 bits per heavy atom. The van der Waals surface area contributed by atoms with Crippen LogP contribution in [-0.2, 0) is 14.3 Å². The number of nitrogens with two attached hydrogens (primary N) is 1. The molecule has 0 aromatic heterocycles. The van der Waals surface area contributed by atoms with Crippen LogP contribution in [0.5, 0.6) is 0 Å². The summed E-state index contributed by atoms with van der Waals surface area (Å²) in [6, 6.07) is 0. The molecule has 1 unspecified atom stereocenters. The molecule has 1 fully saturated rings. The predicted molar refractivity (Wildman–Crippen MR) is 74.9 cm³/mol. The van der Waals surface area contributed by atoms with Crippen molar-refractivity contribution in [1.82, 2.24) is 4.90 Å². The van der Waals surface area contributed by atoms with Gasteiger partial charge in [0, 0.05) is 20.2 Å². The van der Waals surface area contributed by atoms with Crippen molar-refractivity contribution in [2.75, 3.05) is 33.4 Å². The van der Waals surface area contributed by atoms with E-state index >= 15 is 0 Å². The van der Waals surface area contributed by atoms with E-state index in [0.29, 0.717) is 19.1 Å².